The maximum absolute atomic E-state index is 12.7. The Balaban J connectivity index is 3.93. The molecule has 0 aromatic rings. The first-order valence-electron chi connectivity index (χ1n) is 33.7. The molecule has 0 saturated carbocycles. The van der Waals surface area contributed by atoms with Crippen molar-refractivity contribution in [3.8, 4) is 0 Å². The molecule has 0 bridgehead atoms. The zero-order chi connectivity index (χ0) is 58.7. The van der Waals surface area contributed by atoms with Crippen molar-refractivity contribution in [2.24, 2.45) is 5.73 Å². The van der Waals surface area contributed by atoms with Crippen molar-refractivity contribution in [2.45, 2.75) is 315 Å². The summed E-state index contributed by atoms with van der Waals surface area (Å²) in [6, 6.07) is 0. The summed E-state index contributed by atoms with van der Waals surface area (Å²) in [6.45, 7) is 3.65. The Labute approximate surface area is 499 Å². The molecule has 0 saturated heterocycles. The molecule has 0 aliphatic rings. The second-order valence-corrected chi connectivity index (χ2v) is 23.8. The first-order valence-corrected chi connectivity index (χ1v) is 35.2. The first-order chi connectivity index (χ1) is 39.8. The minimum Gasteiger partial charge on any atom is -0.462 e. The van der Waals surface area contributed by atoms with Gasteiger partial charge in [-0.2, -0.15) is 0 Å². The molecule has 468 valence electrons. The molecular formula is C71H126NO8P. The molecule has 0 fully saturated rings. The molecule has 0 amide bonds. The zero-order valence-electron chi connectivity index (χ0n) is 52.5. The second-order valence-electron chi connectivity index (χ2n) is 22.3. The average molecular weight is 1150 g/mol. The standard InChI is InChI=1S/C71H126NO8P/c1-3-5-7-9-11-13-15-17-19-21-23-25-27-29-31-33-34-36-37-39-41-43-45-47-49-51-53-55-57-59-61-63-70(73)77-67-69(68-79-81(75,76)78-66-65-72)80-71(74)64-62-60-58-56-54-52-50-48-46-44-42-40-38-35-32-30-28-26-24-22-20-18-16-14-12-10-8-6-4-2/h6,8,12,14,18,20-21,23-24,26,30,32,38,40,44,46,69H,3-5,7,9-11,13,15-17,19,22,25,27-29,31,33-37,39,41-43,45,47-68,72H2,1-2H3,(H,75,76)/b8-6-,14-12-,20-18-,23-21-,26-24-,32-30-,40-38-,46-44-. The van der Waals surface area contributed by atoms with Crippen LogP contribution in [0, 0.1) is 0 Å². The minimum absolute atomic E-state index is 0.0480. The van der Waals surface area contributed by atoms with Gasteiger partial charge in [-0.15, -0.1) is 0 Å². The highest BCUT2D eigenvalue weighted by molar-refractivity contribution is 7.47. The van der Waals surface area contributed by atoms with Crippen molar-refractivity contribution in [1.29, 1.82) is 0 Å². The fraction of sp³-hybridized carbons (Fsp3) is 0.746. The number of unbranched alkanes of at least 4 members (excludes halogenated alkanes) is 34. The van der Waals surface area contributed by atoms with Gasteiger partial charge in [0.2, 0.25) is 0 Å². The lowest BCUT2D eigenvalue weighted by molar-refractivity contribution is -0.161. The van der Waals surface area contributed by atoms with E-state index in [0.717, 1.165) is 89.9 Å². The van der Waals surface area contributed by atoms with Gasteiger partial charge in [-0.05, 0) is 96.3 Å². The maximum atomic E-state index is 12.7. The number of allylic oxidation sites excluding steroid dienone is 16. The van der Waals surface area contributed by atoms with E-state index < -0.39 is 26.5 Å². The molecule has 0 spiro atoms. The number of nitrogens with two attached hydrogens (primary N) is 1. The Morgan fingerprint density at radius 1 is 0.383 bits per heavy atom. The topological polar surface area (TPSA) is 134 Å². The monoisotopic (exact) mass is 1150 g/mol. The Bertz CT molecular complexity index is 1650. The van der Waals surface area contributed by atoms with Crippen LogP contribution in [0.4, 0.5) is 0 Å². The first kappa shape index (κ1) is 77.9. The van der Waals surface area contributed by atoms with E-state index in [1.54, 1.807) is 0 Å². The lowest BCUT2D eigenvalue weighted by atomic mass is 10.0. The Hall–Kier alpha value is -3.07. The van der Waals surface area contributed by atoms with E-state index in [1.807, 2.05) is 0 Å². The summed E-state index contributed by atoms with van der Waals surface area (Å²) in [4.78, 5) is 35.3. The Morgan fingerprint density at radius 2 is 0.679 bits per heavy atom. The highest BCUT2D eigenvalue weighted by atomic mass is 31.2. The highest BCUT2D eigenvalue weighted by Gasteiger charge is 2.26. The van der Waals surface area contributed by atoms with Crippen LogP contribution in [0.5, 0.6) is 0 Å². The van der Waals surface area contributed by atoms with Crippen LogP contribution in [0.2, 0.25) is 0 Å². The van der Waals surface area contributed by atoms with Crippen molar-refractivity contribution >= 4 is 19.8 Å². The van der Waals surface area contributed by atoms with Crippen molar-refractivity contribution in [3.05, 3.63) is 97.2 Å². The Morgan fingerprint density at radius 3 is 1.02 bits per heavy atom. The number of hydrogen-bond donors (Lipinski definition) is 2. The SMILES string of the molecule is CC/C=C\C/C=C\C/C=C\C/C=C\C/C=C\C/C=C\C/C=C\CCCCCCCCCC(=O)OC(COC(=O)CCCCCCCCCCCCCCCCCCCCC/C=C\CCCCCCCCCC)COP(=O)(O)OCCN. The third kappa shape index (κ3) is 65.9. The fourth-order valence-electron chi connectivity index (χ4n) is 9.50. The van der Waals surface area contributed by atoms with E-state index >= 15 is 0 Å². The molecule has 0 rings (SSSR count). The van der Waals surface area contributed by atoms with E-state index in [-0.39, 0.29) is 38.6 Å². The van der Waals surface area contributed by atoms with Gasteiger partial charge >= 0.3 is 19.8 Å². The van der Waals surface area contributed by atoms with Crippen molar-refractivity contribution in [1.82, 2.24) is 0 Å². The number of hydrogen-bond acceptors (Lipinski definition) is 8. The van der Waals surface area contributed by atoms with Crippen LogP contribution < -0.4 is 5.73 Å². The molecule has 81 heavy (non-hydrogen) atoms. The van der Waals surface area contributed by atoms with Crippen LogP contribution >= 0.6 is 7.82 Å². The third-order valence-corrected chi connectivity index (χ3v) is 15.4. The van der Waals surface area contributed by atoms with Gasteiger partial charge in [0.25, 0.3) is 0 Å². The smallest absolute Gasteiger partial charge is 0.462 e. The van der Waals surface area contributed by atoms with E-state index in [0.29, 0.717) is 6.42 Å². The normalized spacial score (nSPS) is 13.6. The number of phosphoric ester groups is 1. The quantitative estimate of drug-likeness (QED) is 0.0264. The summed E-state index contributed by atoms with van der Waals surface area (Å²) in [7, 11) is -4.40. The lowest BCUT2D eigenvalue weighted by Crippen LogP contribution is -2.29. The molecule has 0 radical (unpaired) electrons. The van der Waals surface area contributed by atoms with Crippen LogP contribution in [0.3, 0.4) is 0 Å². The predicted octanol–water partition coefficient (Wildman–Crippen LogP) is 22.0. The van der Waals surface area contributed by atoms with Gasteiger partial charge in [0, 0.05) is 19.4 Å². The van der Waals surface area contributed by atoms with Gasteiger partial charge < -0.3 is 20.1 Å². The van der Waals surface area contributed by atoms with E-state index in [4.69, 9.17) is 24.3 Å². The molecule has 9 nitrogen and oxygen atoms in total. The predicted molar refractivity (Wildman–Crippen MR) is 348 cm³/mol. The Kier molecular flexibility index (Phi) is 63.6. The van der Waals surface area contributed by atoms with Crippen molar-refractivity contribution < 1.29 is 37.6 Å². The van der Waals surface area contributed by atoms with Crippen LogP contribution in [-0.2, 0) is 32.7 Å². The van der Waals surface area contributed by atoms with E-state index in [1.165, 1.54) is 186 Å². The highest BCUT2D eigenvalue weighted by Crippen LogP contribution is 2.43. The summed E-state index contributed by atoms with van der Waals surface area (Å²) in [5, 5.41) is 0. The van der Waals surface area contributed by atoms with Gasteiger partial charge in [-0.3, -0.25) is 18.6 Å². The third-order valence-electron chi connectivity index (χ3n) is 14.5. The molecule has 0 heterocycles. The largest absolute Gasteiger partial charge is 0.472 e. The van der Waals surface area contributed by atoms with Gasteiger partial charge in [0.05, 0.1) is 13.2 Å². The number of carbonyl (C=O) groups is 2. The van der Waals surface area contributed by atoms with Gasteiger partial charge in [-0.1, -0.05) is 297 Å². The number of phosphoric acid groups is 1. The summed E-state index contributed by atoms with van der Waals surface area (Å²) in [6.07, 6.45) is 89.2. The van der Waals surface area contributed by atoms with Gasteiger partial charge in [-0.25, -0.2) is 4.57 Å². The summed E-state index contributed by atoms with van der Waals surface area (Å²) >= 11 is 0. The molecule has 0 aliphatic heterocycles. The number of rotatable bonds is 63. The molecular weight excluding hydrogens is 1030 g/mol. The lowest BCUT2D eigenvalue weighted by Gasteiger charge is -2.19. The average Bonchev–Trinajstić information content (AvgIpc) is 3.46. The second kappa shape index (κ2) is 66.1. The van der Waals surface area contributed by atoms with E-state index in [2.05, 4.69) is 111 Å². The van der Waals surface area contributed by atoms with Gasteiger partial charge in [0.15, 0.2) is 6.10 Å². The van der Waals surface area contributed by atoms with Crippen molar-refractivity contribution in [2.75, 3.05) is 26.4 Å². The van der Waals surface area contributed by atoms with E-state index in [9.17, 15) is 19.0 Å². The molecule has 0 aromatic heterocycles. The number of carbonyl (C=O) groups excluding carboxylic acids is 2. The molecule has 2 atom stereocenters. The summed E-state index contributed by atoms with van der Waals surface area (Å²) in [5.41, 5.74) is 5.40. The molecule has 3 N–H and O–H groups in total. The molecule has 0 aromatic carbocycles. The maximum Gasteiger partial charge on any atom is 0.472 e. The van der Waals surface area contributed by atoms with Crippen LogP contribution in [-0.4, -0.2) is 49.3 Å². The number of esters is 2. The van der Waals surface area contributed by atoms with Crippen LogP contribution in [0.15, 0.2) is 97.2 Å². The molecule has 2 unspecified atom stereocenters. The number of ether oxygens (including phenoxy) is 2. The van der Waals surface area contributed by atoms with Gasteiger partial charge in [0.1, 0.15) is 6.61 Å². The zero-order valence-corrected chi connectivity index (χ0v) is 53.4. The fourth-order valence-corrected chi connectivity index (χ4v) is 10.3. The van der Waals surface area contributed by atoms with Crippen LogP contribution in [0.1, 0.15) is 309 Å². The molecule has 10 heteroatoms. The molecule has 0 aliphatic carbocycles. The minimum atomic E-state index is -4.40. The van der Waals surface area contributed by atoms with Crippen LogP contribution in [0.25, 0.3) is 0 Å². The van der Waals surface area contributed by atoms with Crippen molar-refractivity contribution in [3.63, 3.8) is 0 Å². The summed E-state index contributed by atoms with van der Waals surface area (Å²) < 4.78 is 33.1. The summed E-state index contributed by atoms with van der Waals surface area (Å²) in [5.74, 6) is -0.834.